The Kier molecular flexibility index (Phi) is 9.06. The maximum absolute atomic E-state index is 13.1. The summed E-state index contributed by atoms with van der Waals surface area (Å²) in [6.07, 6.45) is 6.00. The van der Waals surface area contributed by atoms with Gasteiger partial charge in [0.25, 0.3) is 0 Å². The van der Waals surface area contributed by atoms with Gasteiger partial charge in [0.2, 0.25) is 5.91 Å². The van der Waals surface area contributed by atoms with E-state index in [4.69, 9.17) is 15.2 Å². The highest BCUT2D eigenvalue weighted by Crippen LogP contribution is 2.33. The van der Waals surface area contributed by atoms with E-state index in [-0.39, 0.29) is 23.7 Å². The number of carbonyl (C=O) groups is 1. The molecule has 158 valence electrons. The Morgan fingerprint density at radius 3 is 2.43 bits per heavy atom. The van der Waals surface area contributed by atoms with Gasteiger partial charge in [-0.25, -0.2) is 0 Å². The molecule has 2 aliphatic rings. The molecule has 0 atom stereocenters. The van der Waals surface area contributed by atoms with E-state index in [2.05, 4.69) is 29.2 Å². The van der Waals surface area contributed by atoms with Crippen molar-refractivity contribution in [2.24, 2.45) is 17.1 Å². The van der Waals surface area contributed by atoms with Crippen molar-refractivity contribution in [2.45, 2.75) is 45.4 Å². The van der Waals surface area contributed by atoms with Gasteiger partial charge in [0, 0.05) is 32.8 Å². The molecule has 0 aromatic heterocycles. The van der Waals surface area contributed by atoms with Gasteiger partial charge in [-0.2, -0.15) is 0 Å². The molecule has 0 bridgehead atoms. The molecule has 0 aliphatic carbocycles. The third-order valence-electron chi connectivity index (χ3n) is 6.27. The van der Waals surface area contributed by atoms with E-state index in [0.717, 1.165) is 50.9 Å². The van der Waals surface area contributed by atoms with Crippen molar-refractivity contribution in [3.63, 3.8) is 0 Å². The first kappa shape index (κ1) is 23.0. The quantitative estimate of drug-likeness (QED) is 0.747. The standard InChI is InChI=1S/C22H34N2O3.ClH/c1-2-27-20-7-5-18(6-8-20)3-4-19-9-13-24(14-10-19)21(25)22(17-23)11-15-26-16-12-22;/h5-8,19H,2-4,9-17,23H2,1H3;1H. The van der Waals surface area contributed by atoms with Crippen LogP contribution in [-0.2, 0) is 16.0 Å². The predicted octanol–water partition coefficient (Wildman–Crippen LogP) is 3.43. The van der Waals surface area contributed by atoms with E-state index in [1.165, 1.54) is 12.0 Å². The lowest BCUT2D eigenvalue weighted by molar-refractivity contribution is -0.148. The van der Waals surface area contributed by atoms with Gasteiger partial charge >= 0.3 is 0 Å². The lowest BCUT2D eigenvalue weighted by Gasteiger charge is -2.41. The maximum Gasteiger partial charge on any atom is 0.230 e. The summed E-state index contributed by atoms with van der Waals surface area (Å²) in [5.41, 5.74) is 6.98. The van der Waals surface area contributed by atoms with Crippen molar-refractivity contribution < 1.29 is 14.3 Å². The monoisotopic (exact) mass is 410 g/mol. The fourth-order valence-corrected chi connectivity index (χ4v) is 4.32. The van der Waals surface area contributed by atoms with E-state index in [0.29, 0.717) is 32.3 Å². The summed E-state index contributed by atoms with van der Waals surface area (Å²) in [6.45, 7) is 6.19. The Balaban J connectivity index is 0.00000280. The fraction of sp³-hybridized carbons (Fsp3) is 0.682. The van der Waals surface area contributed by atoms with Gasteiger partial charge in [-0.1, -0.05) is 12.1 Å². The van der Waals surface area contributed by atoms with Crippen LogP contribution in [0.3, 0.4) is 0 Å². The predicted molar refractivity (Wildman–Crippen MR) is 114 cm³/mol. The number of carbonyl (C=O) groups excluding carboxylic acids is 1. The van der Waals surface area contributed by atoms with Crippen molar-refractivity contribution in [1.82, 2.24) is 4.90 Å². The zero-order valence-corrected chi connectivity index (χ0v) is 17.8. The Morgan fingerprint density at radius 1 is 1.21 bits per heavy atom. The second kappa shape index (κ2) is 11.0. The fourth-order valence-electron chi connectivity index (χ4n) is 4.32. The first-order valence-corrected chi connectivity index (χ1v) is 10.5. The summed E-state index contributed by atoms with van der Waals surface area (Å²) in [5, 5.41) is 0. The van der Waals surface area contributed by atoms with Crippen LogP contribution in [-0.4, -0.2) is 50.3 Å². The van der Waals surface area contributed by atoms with Crippen LogP contribution >= 0.6 is 12.4 Å². The number of likely N-dealkylation sites (tertiary alicyclic amines) is 1. The number of hydrogen-bond acceptors (Lipinski definition) is 4. The summed E-state index contributed by atoms with van der Waals surface area (Å²) < 4.78 is 10.9. The summed E-state index contributed by atoms with van der Waals surface area (Å²) in [6, 6.07) is 8.44. The van der Waals surface area contributed by atoms with Gasteiger partial charge in [0.05, 0.1) is 12.0 Å². The number of nitrogens with zero attached hydrogens (tertiary/aromatic N) is 1. The third-order valence-corrected chi connectivity index (χ3v) is 6.27. The Labute approximate surface area is 175 Å². The maximum atomic E-state index is 13.1. The van der Waals surface area contributed by atoms with Crippen LogP contribution in [0.5, 0.6) is 5.75 Å². The minimum atomic E-state index is -0.382. The minimum Gasteiger partial charge on any atom is -0.494 e. The number of aryl methyl sites for hydroxylation is 1. The molecule has 1 aromatic rings. The molecule has 1 aromatic carbocycles. The Bertz CT molecular complexity index is 594. The largest absolute Gasteiger partial charge is 0.494 e. The van der Waals surface area contributed by atoms with Gasteiger partial charge in [-0.15, -0.1) is 12.4 Å². The average molecular weight is 411 g/mol. The molecule has 6 heteroatoms. The molecule has 28 heavy (non-hydrogen) atoms. The number of piperidine rings is 1. The number of nitrogens with two attached hydrogens (primary N) is 1. The third kappa shape index (κ3) is 5.62. The van der Waals surface area contributed by atoms with Crippen LogP contribution in [0.25, 0.3) is 0 Å². The van der Waals surface area contributed by atoms with Gasteiger partial charge in [0.15, 0.2) is 0 Å². The first-order chi connectivity index (χ1) is 13.2. The first-order valence-electron chi connectivity index (χ1n) is 10.5. The molecule has 1 amide bonds. The second-order valence-electron chi connectivity index (χ2n) is 7.95. The smallest absolute Gasteiger partial charge is 0.230 e. The van der Waals surface area contributed by atoms with E-state index in [1.807, 2.05) is 6.92 Å². The molecule has 2 aliphatic heterocycles. The van der Waals surface area contributed by atoms with E-state index in [9.17, 15) is 4.79 Å². The number of rotatable bonds is 7. The highest BCUT2D eigenvalue weighted by atomic mass is 35.5. The van der Waals surface area contributed by atoms with Crippen molar-refractivity contribution in [1.29, 1.82) is 0 Å². The summed E-state index contributed by atoms with van der Waals surface area (Å²) in [4.78, 5) is 15.1. The van der Waals surface area contributed by atoms with Gasteiger partial charge in [0.1, 0.15) is 5.75 Å². The lowest BCUT2D eigenvalue weighted by Crippen LogP contribution is -2.52. The van der Waals surface area contributed by atoms with Crippen molar-refractivity contribution in [2.75, 3.05) is 39.5 Å². The van der Waals surface area contributed by atoms with E-state index < -0.39 is 0 Å². The SMILES string of the molecule is CCOc1ccc(CCC2CCN(C(=O)C3(CN)CCOCC3)CC2)cc1.Cl. The van der Waals surface area contributed by atoms with Crippen LogP contribution in [0.4, 0.5) is 0 Å². The molecule has 2 saturated heterocycles. The molecule has 2 fully saturated rings. The van der Waals surface area contributed by atoms with Crippen LogP contribution in [0, 0.1) is 11.3 Å². The normalized spacial score (nSPS) is 19.7. The molecular formula is C22H35ClN2O3. The average Bonchev–Trinajstić information content (AvgIpc) is 2.74. The molecule has 0 saturated carbocycles. The highest BCUT2D eigenvalue weighted by Gasteiger charge is 2.42. The van der Waals surface area contributed by atoms with Crippen molar-refractivity contribution >= 4 is 18.3 Å². The van der Waals surface area contributed by atoms with Crippen LogP contribution in [0.1, 0.15) is 44.6 Å². The van der Waals surface area contributed by atoms with Gasteiger partial charge in [-0.3, -0.25) is 4.79 Å². The molecule has 0 unspecified atom stereocenters. The van der Waals surface area contributed by atoms with E-state index in [1.54, 1.807) is 0 Å². The number of amides is 1. The zero-order chi connectivity index (χ0) is 19.1. The molecule has 0 spiro atoms. The minimum absolute atomic E-state index is 0. The summed E-state index contributed by atoms with van der Waals surface area (Å²) in [7, 11) is 0. The topological polar surface area (TPSA) is 64.8 Å². The molecule has 2 heterocycles. The molecule has 2 N–H and O–H groups in total. The van der Waals surface area contributed by atoms with Crippen molar-refractivity contribution in [3.05, 3.63) is 29.8 Å². The molecule has 5 nitrogen and oxygen atoms in total. The number of hydrogen-bond donors (Lipinski definition) is 1. The molecule has 3 rings (SSSR count). The number of benzene rings is 1. The Morgan fingerprint density at radius 2 is 1.86 bits per heavy atom. The molecular weight excluding hydrogens is 376 g/mol. The summed E-state index contributed by atoms with van der Waals surface area (Å²) >= 11 is 0. The molecule has 0 radical (unpaired) electrons. The lowest BCUT2D eigenvalue weighted by atomic mass is 9.78. The Hall–Kier alpha value is -1.30. The van der Waals surface area contributed by atoms with Crippen LogP contribution in [0.15, 0.2) is 24.3 Å². The van der Waals surface area contributed by atoms with Crippen LogP contribution < -0.4 is 10.5 Å². The van der Waals surface area contributed by atoms with E-state index >= 15 is 0 Å². The van der Waals surface area contributed by atoms with Crippen LogP contribution in [0.2, 0.25) is 0 Å². The van der Waals surface area contributed by atoms with Crippen molar-refractivity contribution in [3.8, 4) is 5.75 Å². The number of halogens is 1. The highest BCUT2D eigenvalue weighted by molar-refractivity contribution is 5.85. The number of ether oxygens (including phenoxy) is 2. The van der Waals surface area contributed by atoms with Gasteiger partial charge in [-0.05, 0) is 69.1 Å². The second-order valence-corrected chi connectivity index (χ2v) is 7.95. The summed E-state index contributed by atoms with van der Waals surface area (Å²) in [5.74, 6) is 1.90. The van der Waals surface area contributed by atoms with Gasteiger partial charge < -0.3 is 20.1 Å². The zero-order valence-electron chi connectivity index (χ0n) is 17.0.